The Kier molecular flexibility index (Phi) is 2.28. The summed E-state index contributed by atoms with van der Waals surface area (Å²) in [7, 11) is 0. The van der Waals surface area contributed by atoms with E-state index in [0.29, 0.717) is 0 Å². The van der Waals surface area contributed by atoms with Crippen molar-refractivity contribution in [2.75, 3.05) is 6.26 Å². The molecule has 0 fully saturated rings. The molecule has 2 rings (SSSR count). The standard InChI is InChI=1S/C10H9BrS/c1-12-10-6-8(11)5-7-3-2-4-9(7)10/h2-3,5-6H,4H2,1H3. The van der Waals surface area contributed by atoms with Gasteiger partial charge in [-0.05, 0) is 35.9 Å². The second kappa shape index (κ2) is 3.27. The molecule has 0 aromatic heterocycles. The van der Waals surface area contributed by atoms with E-state index in [2.05, 4.69) is 46.5 Å². The Labute approximate surface area is 85.2 Å². The van der Waals surface area contributed by atoms with Gasteiger partial charge in [0.1, 0.15) is 0 Å². The molecule has 1 aliphatic rings. The second-order valence-corrected chi connectivity index (χ2v) is 4.55. The largest absolute Gasteiger partial charge is 0.129 e. The molecule has 0 unspecified atom stereocenters. The van der Waals surface area contributed by atoms with Gasteiger partial charge >= 0.3 is 0 Å². The molecule has 0 amide bonds. The van der Waals surface area contributed by atoms with Gasteiger partial charge in [-0.3, -0.25) is 0 Å². The molecule has 0 atom stereocenters. The van der Waals surface area contributed by atoms with Crippen molar-refractivity contribution in [2.24, 2.45) is 0 Å². The molecule has 0 saturated heterocycles. The zero-order valence-electron chi connectivity index (χ0n) is 6.80. The molecule has 1 aromatic rings. The number of benzene rings is 1. The van der Waals surface area contributed by atoms with Crippen molar-refractivity contribution < 1.29 is 0 Å². The van der Waals surface area contributed by atoms with Crippen LogP contribution in [0.15, 0.2) is 27.6 Å². The van der Waals surface area contributed by atoms with Crippen LogP contribution in [0.25, 0.3) is 6.08 Å². The minimum Gasteiger partial charge on any atom is -0.129 e. The van der Waals surface area contributed by atoms with Gasteiger partial charge in [-0.2, -0.15) is 0 Å². The molecule has 0 nitrogen and oxygen atoms in total. The maximum absolute atomic E-state index is 3.51. The molecule has 0 heterocycles. The second-order valence-electron chi connectivity index (χ2n) is 2.78. The quantitative estimate of drug-likeness (QED) is 0.675. The van der Waals surface area contributed by atoms with Gasteiger partial charge in [0, 0.05) is 9.37 Å². The Balaban J connectivity index is 2.59. The van der Waals surface area contributed by atoms with Crippen molar-refractivity contribution in [1.82, 2.24) is 0 Å². The first kappa shape index (κ1) is 8.39. The molecule has 0 spiro atoms. The van der Waals surface area contributed by atoms with Gasteiger partial charge in [-0.25, -0.2) is 0 Å². The monoisotopic (exact) mass is 240 g/mol. The molecule has 0 saturated carbocycles. The van der Waals surface area contributed by atoms with E-state index in [1.54, 1.807) is 0 Å². The van der Waals surface area contributed by atoms with Crippen LogP contribution >= 0.6 is 27.7 Å². The summed E-state index contributed by atoms with van der Waals surface area (Å²) < 4.78 is 1.18. The average Bonchev–Trinajstić information content (AvgIpc) is 2.50. The Morgan fingerprint density at radius 1 is 1.42 bits per heavy atom. The Morgan fingerprint density at radius 3 is 3.00 bits per heavy atom. The molecule has 62 valence electrons. The van der Waals surface area contributed by atoms with Crippen LogP contribution in [-0.2, 0) is 6.42 Å². The number of hydrogen-bond donors (Lipinski definition) is 0. The van der Waals surface area contributed by atoms with Crippen LogP contribution in [-0.4, -0.2) is 6.26 Å². The predicted molar refractivity (Wildman–Crippen MR) is 58.7 cm³/mol. The lowest BCUT2D eigenvalue weighted by atomic mass is 10.1. The minimum atomic E-state index is 1.10. The molecule has 1 aliphatic carbocycles. The molecule has 0 radical (unpaired) electrons. The number of hydrogen-bond acceptors (Lipinski definition) is 1. The first-order valence-electron chi connectivity index (χ1n) is 3.84. The van der Waals surface area contributed by atoms with Gasteiger partial charge in [0.2, 0.25) is 0 Å². The van der Waals surface area contributed by atoms with Crippen molar-refractivity contribution in [3.63, 3.8) is 0 Å². The number of halogens is 1. The minimum absolute atomic E-state index is 1.10. The summed E-state index contributed by atoms with van der Waals surface area (Å²) in [6.45, 7) is 0. The van der Waals surface area contributed by atoms with Gasteiger partial charge in [0.25, 0.3) is 0 Å². The highest BCUT2D eigenvalue weighted by atomic mass is 79.9. The van der Waals surface area contributed by atoms with Gasteiger partial charge < -0.3 is 0 Å². The molecule has 1 aromatic carbocycles. The molecule has 2 heteroatoms. The van der Waals surface area contributed by atoms with Gasteiger partial charge in [-0.1, -0.05) is 28.1 Å². The summed E-state index contributed by atoms with van der Waals surface area (Å²) in [5, 5.41) is 0. The summed E-state index contributed by atoms with van der Waals surface area (Å²) in [5.74, 6) is 0. The van der Waals surface area contributed by atoms with E-state index in [0.717, 1.165) is 6.42 Å². The lowest BCUT2D eigenvalue weighted by Crippen LogP contribution is -1.85. The highest BCUT2D eigenvalue weighted by molar-refractivity contribution is 9.10. The Bertz CT molecular complexity index is 342. The maximum Gasteiger partial charge on any atom is 0.0192 e. The SMILES string of the molecule is CSc1cc(Br)cc2c1CC=C2. The lowest BCUT2D eigenvalue weighted by molar-refractivity contribution is 1.20. The lowest BCUT2D eigenvalue weighted by Gasteiger charge is -2.05. The zero-order chi connectivity index (χ0) is 8.55. The summed E-state index contributed by atoms with van der Waals surface area (Å²) >= 11 is 5.33. The average molecular weight is 241 g/mol. The molecule has 0 aliphatic heterocycles. The molecular weight excluding hydrogens is 232 g/mol. The topological polar surface area (TPSA) is 0 Å². The van der Waals surface area contributed by atoms with Crippen molar-refractivity contribution >= 4 is 33.8 Å². The van der Waals surface area contributed by atoms with Crippen molar-refractivity contribution in [2.45, 2.75) is 11.3 Å². The third-order valence-electron chi connectivity index (χ3n) is 2.05. The van der Waals surface area contributed by atoms with Crippen LogP contribution in [0, 0.1) is 0 Å². The Morgan fingerprint density at radius 2 is 2.25 bits per heavy atom. The van der Waals surface area contributed by atoms with E-state index < -0.39 is 0 Å². The van der Waals surface area contributed by atoms with Crippen molar-refractivity contribution in [3.05, 3.63) is 33.8 Å². The fourth-order valence-corrected chi connectivity index (χ4v) is 2.80. The Hall–Kier alpha value is -0.210. The van der Waals surface area contributed by atoms with Crippen molar-refractivity contribution in [1.29, 1.82) is 0 Å². The molecular formula is C10H9BrS. The normalized spacial score (nSPS) is 13.5. The van der Waals surface area contributed by atoms with Crippen LogP contribution in [0.5, 0.6) is 0 Å². The third-order valence-corrected chi connectivity index (χ3v) is 3.31. The first-order chi connectivity index (χ1) is 5.81. The maximum atomic E-state index is 3.51. The van der Waals surface area contributed by atoms with Crippen LogP contribution in [0.2, 0.25) is 0 Å². The van der Waals surface area contributed by atoms with Gasteiger partial charge in [0.05, 0.1) is 0 Å². The number of allylic oxidation sites excluding steroid dienone is 1. The van der Waals surface area contributed by atoms with Crippen LogP contribution in [0.4, 0.5) is 0 Å². The van der Waals surface area contributed by atoms with E-state index in [1.807, 2.05) is 11.8 Å². The van der Waals surface area contributed by atoms with Crippen LogP contribution in [0.3, 0.4) is 0 Å². The number of thioether (sulfide) groups is 1. The van der Waals surface area contributed by atoms with Gasteiger partial charge in [-0.15, -0.1) is 11.8 Å². The fraction of sp³-hybridized carbons (Fsp3) is 0.200. The van der Waals surface area contributed by atoms with Crippen LogP contribution < -0.4 is 0 Å². The smallest absolute Gasteiger partial charge is 0.0192 e. The molecule has 0 bridgehead atoms. The summed E-state index contributed by atoms with van der Waals surface area (Å²) in [5.41, 5.74) is 2.85. The summed E-state index contributed by atoms with van der Waals surface area (Å²) in [6.07, 6.45) is 7.63. The van der Waals surface area contributed by atoms with E-state index in [4.69, 9.17) is 0 Å². The predicted octanol–water partition coefficient (Wildman–Crippen LogP) is 3.74. The fourth-order valence-electron chi connectivity index (χ4n) is 1.48. The van der Waals surface area contributed by atoms with E-state index in [1.165, 1.54) is 20.5 Å². The zero-order valence-corrected chi connectivity index (χ0v) is 9.21. The summed E-state index contributed by atoms with van der Waals surface area (Å²) in [4.78, 5) is 1.39. The van der Waals surface area contributed by atoms with Crippen molar-refractivity contribution in [3.8, 4) is 0 Å². The third kappa shape index (κ3) is 1.34. The van der Waals surface area contributed by atoms with E-state index >= 15 is 0 Å². The van der Waals surface area contributed by atoms with E-state index in [9.17, 15) is 0 Å². The summed E-state index contributed by atoms with van der Waals surface area (Å²) in [6, 6.07) is 4.37. The molecule has 0 N–H and O–H groups in total. The first-order valence-corrected chi connectivity index (χ1v) is 5.86. The molecule has 12 heavy (non-hydrogen) atoms. The number of fused-ring (bicyclic) bond motifs is 1. The highest BCUT2D eigenvalue weighted by Gasteiger charge is 2.10. The van der Waals surface area contributed by atoms with E-state index in [-0.39, 0.29) is 0 Å². The van der Waals surface area contributed by atoms with Gasteiger partial charge in [0.15, 0.2) is 0 Å². The number of rotatable bonds is 1. The van der Waals surface area contributed by atoms with Crippen LogP contribution in [0.1, 0.15) is 11.1 Å². The highest BCUT2D eigenvalue weighted by Crippen LogP contribution is 2.32.